The second-order valence-corrected chi connectivity index (χ2v) is 9.00. The van der Waals surface area contributed by atoms with Crippen molar-refractivity contribution in [1.29, 1.82) is 0 Å². The predicted octanol–water partition coefficient (Wildman–Crippen LogP) is 5.26. The molecule has 1 unspecified atom stereocenters. The molecule has 2 aromatic rings. The number of nitrogens with two attached hydrogens (primary N) is 1. The fourth-order valence-corrected chi connectivity index (χ4v) is 5.77. The summed E-state index contributed by atoms with van der Waals surface area (Å²) in [5.74, 6) is -0.990. The van der Waals surface area contributed by atoms with E-state index in [2.05, 4.69) is 0 Å². The molecule has 1 fully saturated rings. The Morgan fingerprint density at radius 1 is 1.06 bits per heavy atom. The lowest BCUT2D eigenvalue weighted by Gasteiger charge is -2.44. The molecule has 4 nitrogen and oxygen atoms in total. The van der Waals surface area contributed by atoms with Crippen LogP contribution >= 0.6 is 0 Å². The number of aryl methyl sites for hydroxylation is 1. The van der Waals surface area contributed by atoms with Gasteiger partial charge in [-0.25, -0.2) is 13.8 Å². The van der Waals surface area contributed by atoms with Gasteiger partial charge in [-0.05, 0) is 79.5 Å². The van der Waals surface area contributed by atoms with Gasteiger partial charge in [0.2, 0.25) is 0 Å². The van der Waals surface area contributed by atoms with Gasteiger partial charge in [0.05, 0.1) is 12.3 Å². The third kappa shape index (κ3) is 3.23. The van der Waals surface area contributed by atoms with Gasteiger partial charge in [-0.3, -0.25) is 4.99 Å². The Kier molecular flexibility index (Phi) is 4.89. The molecule has 8 heteroatoms. The number of halogens is 4. The number of alkyl halides is 2. The van der Waals surface area contributed by atoms with E-state index in [0.29, 0.717) is 49.1 Å². The summed E-state index contributed by atoms with van der Waals surface area (Å²) in [6.45, 7) is -0.891. The highest BCUT2D eigenvalue weighted by Crippen LogP contribution is 2.62. The highest BCUT2D eigenvalue weighted by molar-refractivity contribution is 6.30. The SMILES string of the molecule is Cc1cc2c(cc1-c1cc(F)cc(F)c1)C1(N=CC(N)=N1)[C@]1(CC[C@H](OC(F)F)CC1)C2. The average molecular weight is 445 g/mol. The number of aliphatic imine (C=N–C) groups is 2. The van der Waals surface area contributed by atoms with Crippen LogP contribution < -0.4 is 5.73 Å². The van der Waals surface area contributed by atoms with Crippen LogP contribution in [0.4, 0.5) is 17.6 Å². The molecule has 5 rings (SSSR count). The quantitative estimate of drug-likeness (QED) is 0.656. The van der Waals surface area contributed by atoms with Crippen LogP contribution in [0.25, 0.3) is 11.1 Å². The molecule has 1 aliphatic heterocycles. The monoisotopic (exact) mass is 445 g/mol. The predicted molar refractivity (Wildman–Crippen MR) is 114 cm³/mol. The molecule has 1 saturated carbocycles. The van der Waals surface area contributed by atoms with Crippen molar-refractivity contribution >= 4 is 12.1 Å². The molecular weight excluding hydrogens is 422 g/mol. The molecule has 1 heterocycles. The summed E-state index contributed by atoms with van der Waals surface area (Å²) in [6.07, 6.45) is 3.89. The second-order valence-electron chi connectivity index (χ2n) is 9.00. The lowest BCUT2D eigenvalue weighted by Crippen LogP contribution is -2.43. The van der Waals surface area contributed by atoms with Crippen molar-refractivity contribution in [2.75, 3.05) is 0 Å². The van der Waals surface area contributed by atoms with Crippen LogP contribution in [0.3, 0.4) is 0 Å². The first kappa shape index (κ1) is 21.1. The second kappa shape index (κ2) is 7.40. The van der Waals surface area contributed by atoms with Gasteiger partial charge in [0.15, 0.2) is 5.66 Å². The first-order valence-corrected chi connectivity index (χ1v) is 10.7. The molecule has 3 aliphatic rings. The third-order valence-electron chi connectivity index (χ3n) is 7.13. The van der Waals surface area contributed by atoms with Crippen LogP contribution in [-0.4, -0.2) is 24.8 Å². The van der Waals surface area contributed by atoms with E-state index in [1.807, 2.05) is 19.1 Å². The van der Waals surface area contributed by atoms with Gasteiger partial charge in [-0.1, -0.05) is 6.07 Å². The van der Waals surface area contributed by atoms with Crippen LogP contribution in [0.1, 0.15) is 42.4 Å². The van der Waals surface area contributed by atoms with Crippen molar-refractivity contribution in [3.8, 4) is 11.1 Å². The van der Waals surface area contributed by atoms with Crippen molar-refractivity contribution in [2.24, 2.45) is 21.1 Å². The minimum absolute atomic E-state index is 0.308. The van der Waals surface area contributed by atoms with Crippen LogP contribution in [-0.2, 0) is 16.8 Å². The molecule has 0 bridgehead atoms. The Labute approximate surface area is 183 Å². The summed E-state index contributed by atoms with van der Waals surface area (Å²) >= 11 is 0. The average Bonchev–Trinajstić information content (AvgIpc) is 3.21. The first-order valence-electron chi connectivity index (χ1n) is 10.7. The molecule has 2 spiro atoms. The number of fused-ring (bicyclic) bond motifs is 3. The van der Waals surface area contributed by atoms with Gasteiger partial charge in [-0.15, -0.1) is 0 Å². The molecule has 1 atom stereocenters. The van der Waals surface area contributed by atoms with E-state index in [9.17, 15) is 17.6 Å². The van der Waals surface area contributed by atoms with Crippen molar-refractivity contribution in [1.82, 2.24) is 0 Å². The molecule has 0 aromatic heterocycles. The van der Waals surface area contributed by atoms with E-state index < -0.39 is 35.4 Å². The summed E-state index contributed by atoms with van der Waals surface area (Å²) in [4.78, 5) is 9.52. The van der Waals surface area contributed by atoms with Crippen LogP contribution in [0.5, 0.6) is 0 Å². The summed E-state index contributed by atoms with van der Waals surface area (Å²) in [6, 6.07) is 7.38. The third-order valence-corrected chi connectivity index (χ3v) is 7.13. The van der Waals surface area contributed by atoms with Crippen molar-refractivity contribution in [3.63, 3.8) is 0 Å². The van der Waals surface area contributed by atoms with Crippen molar-refractivity contribution in [3.05, 3.63) is 58.7 Å². The summed E-state index contributed by atoms with van der Waals surface area (Å²) in [5.41, 5.74) is 8.58. The normalized spacial score (nSPS) is 28.7. The first-order chi connectivity index (χ1) is 15.2. The van der Waals surface area contributed by atoms with Gasteiger partial charge in [0.1, 0.15) is 17.5 Å². The van der Waals surface area contributed by atoms with Gasteiger partial charge < -0.3 is 10.5 Å². The lowest BCUT2D eigenvalue weighted by atomic mass is 9.65. The van der Waals surface area contributed by atoms with E-state index in [1.54, 1.807) is 6.21 Å². The zero-order valence-electron chi connectivity index (χ0n) is 17.5. The number of nitrogens with zero attached hydrogens (tertiary/aromatic N) is 2. The number of ether oxygens (including phenoxy) is 1. The van der Waals surface area contributed by atoms with E-state index in [0.717, 1.165) is 22.8 Å². The largest absolute Gasteiger partial charge is 0.383 e. The maximum absolute atomic E-state index is 13.9. The standard InChI is InChI=1S/C24H23F4N3O/c1-13-6-15-11-23(4-2-18(3-5-23)32-22(27)28)24(30-12-21(29)31-24)20(15)10-19(13)14-7-16(25)9-17(26)8-14/h6-10,12,18,22H,2-5,11H2,1H3,(H2,29,31)/t18-,23-,24?. The van der Waals surface area contributed by atoms with Crippen molar-refractivity contribution in [2.45, 2.75) is 57.4 Å². The molecule has 0 amide bonds. The van der Waals surface area contributed by atoms with E-state index in [4.69, 9.17) is 20.5 Å². The highest BCUT2D eigenvalue weighted by atomic mass is 19.3. The van der Waals surface area contributed by atoms with Crippen LogP contribution in [0.15, 0.2) is 40.3 Å². The number of hydrogen-bond donors (Lipinski definition) is 1. The lowest BCUT2D eigenvalue weighted by molar-refractivity contribution is -0.177. The van der Waals surface area contributed by atoms with Gasteiger partial charge in [-0.2, -0.15) is 8.78 Å². The topological polar surface area (TPSA) is 60.0 Å². The molecule has 0 saturated heterocycles. The molecule has 0 radical (unpaired) electrons. The number of rotatable bonds is 3. The maximum atomic E-state index is 13.9. The maximum Gasteiger partial charge on any atom is 0.345 e. The summed E-state index contributed by atoms with van der Waals surface area (Å²) in [5, 5.41) is 0. The molecule has 168 valence electrons. The zero-order valence-corrected chi connectivity index (χ0v) is 17.5. The molecule has 32 heavy (non-hydrogen) atoms. The Morgan fingerprint density at radius 3 is 2.34 bits per heavy atom. The molecular formula is C24H23F4N3O. The Hall–Kier alpha value is -2.74. The fraction of sp³-hybridized carbons (Fsp3) is 0.417. The Bertz CT molecular complexity index is 1120. The number of benzene rings is 2. The Morgan fingerprint density at radius 2 is 1.75 bits per heavy atom. The summed E-state index contributed by atoms with van der Waals surface area (Å²) < 4.78 is 58.0. The number of amidine groups is 1. The highest BCUT2D eigenvalue weighted by Gasteiger charge is 2.60. The van der Waals surface area contributed by atoms with Crippen LogP contribution in [0.2, 0.25) is 0 Å². The van der Waals surface area contributed by atoms with Gasteiger partial charge >= 0.3 is 6.61 Å². The van der Waals surface area contributed by atoms with E-state index in [-0.39, 0.29) is 0 Å². The van der Waals surface area contributed by atoms with E-state index >= 15 is 0 Å². The molecule has 2 aromatic carbocycles. The van der Waals surface area contributed by atoms with Gasteiger partial charge in [0, 0.05) is 17.0 Å². The van der Waals surface area contributed by atoms with E-state index in [1.165, 1.54) is 12.1 Å². The fourth-order valence-electron chi connectivity index (χ4n) is 5.77. The smallest absolute Gasteiger partial charge is 0.345 e. The summed E-state index contributed by atoms with van der Waals surface area (Å²) in [7, 11) is 0. The van der Waals surface area contributed by atoms with Crippen molar-refractivity contribution < 1.29 is 22.3 Å². The minimum Gasteiger partial charge on any atom is -0.383 e. The van der Waals surface area contributed by atoms with Crippen LogP contribution in [0, 0.1) is 24.0 Å². The molecule has 2 N–H and O–H groups in total. The van der Waals surface area contributed by atoms with Gasteiger partial charge in [0.25, 0.3) is 0 Å². The minimum atomic E-state index is -2.79. The number of hydrogen-bond acceptors (Lipinski definition) is 4. The zero-order chi connectivity index (χ0) is 22.7. The Balaban J connectivity index is 1.60. The molecule has 2 aliphatic carbocycles.